The van der Waals surface area contributed by atoms with Crippen LogP contribution in [0.25, 0.3) is 0 Å². The fourth-order valence-corrected chi connectivity index (χ4v) is 1.96. The van der Waals surface area contributed by atoms with Crippen LogP contribution in [0.15, 0.2) is 12.1 Å². The van der Waals surface area contributed by atoms with Crippen molar-refractivity contribution < 1.29 is 4.79 Å². The molecule has 1 aliphatic carbocycles. The molecule has 1 aromatic rings. The molecular weight excluding hydrogens is 226 g/mol. The van der Waals surface area contributed by atoms with E-state index in [1.54, 1.807) is 6.07 Å². The molecule has 0 spiro atoms. The highest BCUT2D eigenvalue weighted by Crippen LogP contribution is 2.44. The van der Waals surface area contributed by atoms with Crippen LogP contribution in [-0.2, 0) is 0 Å². The van der Waals surface area contributed by atoms with Crippen LogP contribution >= 0.6 is 0 Å². The Morgan fingerprint density at radius 1 is 1.50 bits per heavy atom. The van der Waals surface area contributed by atoms with Gasteiger partial charge in [-0.25, -0.2) is 4.98 Å². The maximum absolute atomic E-state index is 12.1. The summed E-state index contributed by atoms with van der Waals surface area (Å²) in [4.78, 5) is 16.4. The smallest absolute Gasteiger partial charge is 0.251 e. The summed E-state index contributed by atoms with van der Waals surface area (Å²) in [6.45, 7) is 8.37. The number of nitrogens with one attached hydrogen (secondary N) is 1. The molecule has 4 nitrogen and oxygen atoms in total. The van der Waals surface area contributed by atoms with Crippen LogP contribution in [0.2, 0.25) is 0 Å². The Morgan fingerprint density at radius 3 is 2.61 bits per heavy atom. The zero-order chi connectivity index (χ0) is 13.5. The van der Waals surface area contributed by atoms with Crippen molar-refractivity contribution in [1.29, 1.82) is 0 Å². The van der Waals surface area contributed by atoms with Crippen molar-refractivity contribution in [3.05, 3.63) is 23.4 Å². The molecule has 0 aromatic carbocycles. The average Bonchev–Trinajstić information content (AvgIpc) is 2.84. The van der Waals surface area contributed by atoms with Gasteiger partial charge < -0.3 is 11.1 Å². The van der Waals surface area contributed by atoms with Crippen molar-refractivity contribution in [1.82, 2.24) is 10.3 Å². The molecule has 1 unspecified atom stereocenters. The highest BCUT2D eigenvalue weighted by atomic mass is 16.1. The predicted molar refractivity (Wildman–Crippen MR) is 72.4 cm³/mol. The van der Waals surface area contributed by atoms with E-state index < -0.39 is 0 Å². The molecule has 1 heterocycles. The number of pyridine rings is 1. The Bertz CT molecular complexity index is 480. The van der Waals surface area contributed by atoms with Crippen LogP contribution in [-0.4, -0.2) is 16.9 Å². The largest absolute Gasteiger partial charge is 0.384 e. The van der Waals surface area contributed by atoms with E-state index in [1.165, 1.54) is 0 Å². The zero-order valence-electron chi connectivity index (χ0n) is 11.4. The molecule has 4 heteroatoms. The van der Waals surface area contributed by atoms with Gasteiger partial charge in [0.2, 0.25) is 0 Å². The van der Waals surface area contributed by atoms with Gasteiger partial charge in [0.05, 0.1) is 0 Å². The van der Waals surface area contributed by atoms with Gasteiger partial charge in [-0.05, 0) is 29.9 Å². The van der Waals surface area contributed by atoms with Gasteiger partial charge in [-0.15, -0.1) is 0 Å². The quantitative estimate of drug-likeness (QED) is 0.861. The van der Waals surface area contributed by atoms with Crippen molar-refractivity contribution in [2.45, 2.75) is 46.1 Å². The molecule has 1 fully saturated rings. The molecule has 0 radical (unpaired) electrons. The number of carbonyl (C=O) groups is 1. The SMILES string of the molecule is CC(C)c1cc(C(=O)NC2CC2(C)C)cc(N)n1. The third-order valence-corrected chi connectivity index (χ3v) is 3.54. The summed E-state index contributed by atoms with van der Waals surface area (Å²) in [6.07, 6.45) is 1.04. The number of carbonyl (C=O) groups excluding carboxylic acids is 1. The van der Waals surface area contributed by atoms with Crippen LogP contribution in [0.4, 0.5) is 5.82 Å². The van der Waals surface area contributed by atoms with Crippen LogP contribution in [0.3, 0.4) is 0 Å². The van der Waals surface area contributed by atoms with Gasteiger partial charge >= 0.3 is 0 Å². The Hall–Kier alpha value is -1.58. The van der Waals surface area contributed by atoms with Gasteiger partial charge in [-0.2, -0.15) is 0 Å². The van der Waals surface area contributed by atoms with Crippen LogP contribution < -0.4 is 11.1 Å². The third-order valence-electron chi connectivity index (χ3n) is 3.54. The lowest BCUT2D eigenvalue weighted by atomic mass is 10.1. The molecule has 3 N–H and O–H groups in total. The number of amides is 1. The van der Waals surface area contributed by atoms with E-state index in [-0.39, 0.29) is 23.3 Å². The molecule has 2 rings (SSSR count). The number of hydrogen-bond donors (Lipinski definition) is 2. The number of aromatic nitrogens is 1. The number of anilines is 1. The first-order chi connectivity index (χ1) is 8.29. The van der Waals surface area contributed by atoms with Crippen molar-refractivity contribution in [2.75, 3.05) is 5.73 Å². The van der Waals surface area contributed by atoms with E-state index in [1.807, 2.05) is 19.9 Å². The summed E-state index contributed by atoms with van der Waals surface area (Å²) in [5, 5.41) is 3.03. The number of nitrogens with zero attached hydrogens (tertiary/aromatic N) is 1. The summed E-state index contributed by atoms with van der Waals surface area (Å²) < 4.78 is 0. The lowest BCUT2D eigenvalue weighted by molar-refractivity contribution is 0.0946. The van der Waals surface area contributed by atoms with E-state index in [0.29, 0.717) is 11.4 Å². The van der Waals surface area contributed by atoms with Gasteiger partial charge in [-0.3, -0.25) is 4.79 Å². The van der Waals surface area contributed by atoms with Crippen molar-refractivity contribution >= 4 is 11.7 Å². The fraction of sp³-hybridized carbons (Fsp3) is 0.571. The van der Waals surface area contributed by atoms with Crippen LogP contribution in [0, 0.1) is 5.41 Å². The van der Waals surface area contributed by atoms with Gasteiger partial charge in [0.1, 0.15) is 5.82 Å². The number of nitrogens with two attached hydrogens (primary N) is 1. The minimum absolute atomic E-state index is 0.0541. The summed E-state index contributed by atoms with van der Waals surface area (Å²) in [7, 11) is 0. The van der Waals surface area contributed by atoms with Crippen LogP contribution in [0.5, 0.6) is 0 Å². The van der Waals surface area contributed by atoms with E-state index in [0.717, 1.165) is 12.1 Å². The fourth-order valence-electron chi connectivity index (χ4n) is 1.96. The topological polar surface area (TPSA) is 68.0 Å². The number of hydrogen-bond acceptors (Lipinski definition) is 3. The minimum atomic E-state index is -0.0541. The highest BCUT2D eigenvalue weighted by molar-refractivity contribution is 5.95. The average molecular weight is 247 g/mol. The molecule has 18 heavy (non-hydrogen) atoms. The monoisotopic (exact) mass is 247 g/mol. The van der Waals surface area contributed by atoms with Gasteiger partial charge in [0, 0.05) is 17.3 Å². The normalized spacial score (nSPS) is 20.8. The molecule has 1 atom stereocenters. The molecule has 0 aliphatic heterocycles. The second-order valence-corrected chi connectivity index (χ2v) is 6.08. The lowest BCUT2D eigenvalue weighted by Crippen LogP contribution is -2.28. The molecule has 1 aliphatic rings. The molecule has 0 saturated heterocycles. The van der Waals surface area contributed by atoms with Crippen LogP contribution in [0.1, 0.15) is 56.1 Å². The molecule has 0 bridgehead atoms. The van der Waals surface area contributed by atoms with Crippen molar-refractivity contribution in [2.24, 2.45) is 5.41 Å². The Morgan fingerprint density at radius 2 is 2.11 bits per heavy atom. The first kappa shape index (κ1) is 12.9. The standard InChI is InChI=1S/C14H21N3O/c1-8(2)10-5-9(6-12(15)16-10)13(18)17-11-7-14(11,3)4/h5-6,8,11H,7H2,1-4H3,(H2,15,16)(H,17,18). The molecule has 98 valence electrons. The first-order valence-electron chi connectivity index (χ1n) is 6.38. The van der Waals surface area contributed by atoms with E-state index in [9.17, 15) is 4.79 Å². The lowest BCUT2D eigenvalue weighted by Gasteiger charge is -2.10. The van der Waals surface area contributed by atoms with Gasteiger partial charge in [0.25, 0.3) is 5.91 Å². The van der Waals surface area contributed by atoms with Crippen molar-refractivity contribution in [3.63, 3.8) is 0 Å². The summed E-state index contributed by atoms with van der Waals surface area (Å²) in [5.74, 6) is 0.611. The highest BCUT2D eigenvalue weighted by Gasteiger charge is 2.46. The predicted octanol–water partition coefficient (Wildman–Crippen LogP) is 2.32. The van der Waals surface area contributed by atoms with E-state index in [2.05, 4.69) is 24.1 Å². The second kappa shape index (κ2) is 4.26. The van der Waals surface area contributed by atoms with Gasteiger partial charge in [0.15, 0.2) is 0 Å². The minimum Gasteiger partial charge on any atom is -0.384 e. The maximum Gasteiger partial charge on any atom is 0.251 e. The summed E-state index contributed by atoms with van der Waals surface area (Å²) >= 11 is 0. The van der Waals surface area contributed by atoms with E-state index >= 15 is 0 Å². The maximum atomic E-state index is 12.1. The first-order valence-corrected chi connectivity index (χ1v) is 6.38. The Kier molecular flexibility index (Phi) is 3.05. The Labute approximate surface area is 108 Å². The number of rotatable bonds is 3. The van der Waals surface area contributed by atoms with E-state index in [4.69, 9.17) is 5.73 Å². The molecule has 1 aromatic heterocycles. The van der Waals surface area contributed by atoms with Gasteiger partial charge in [-0.1, -0.05) is 27.7 Å². The van der Waals surface area contributed by atoms with Crippen molar-refractivity contribution in [3.8, 4) is 0 Å². The Balaban J connectivity index is 2.15. The molecular formula is C14H21N3O. The molecule has 1 amide bonds. The number of nitrogen functional groups attached to an aromatic ring is 1. The summed E-state index contributed by atoms with van der Waals surface area (Å²) in [6, 6.07) is 3.74. The second-order valence-electron chi connectivity index (χ2n) is 6.08. The third kappa shape index (κ3) is 2.63. The molecule has 1 saturated carbocycles. The summed E-state index contributed by atoms with van der Waals surface area (Å²) in [5.41, 5.74) is 7.44. The zero-order valence-corrected chi connectivity index (χ0v) is 11.4.